The molecule has 2 saturated heterocycles. The molecule has 0 aromatic rings. The number of halogens is 1. The first-order chi connectivity index (χ1) is 5.60. The Hall–Kier alpha value is 0.200. The number of hydrogen-bond donors (Lipinski definition) is 0. The second-order valence-corrected chi connectivity index (χ2v) is 5.03. The maximum Gasteiger partial charge on any atom is 0.312 e. The first-order valence-corrected chi connectivity index (χ1v) is 5.92. The Balaban J connectivity index is 2.25. The van der Waals surface area contributed by atoms with Crippen LogP contribution in [0.3, 0.4) is 0 Å². The lowest BCUT2D eigenvalue weighted by Gasteiger charge is -2.49. The predicted octanol–water partition coefficient (Wildman–Crippen LogP) is 2.30. The molecule has 3 aliphatic rings. The van der Waals surface area contributed by atoms with E-state index in [-0.39, 0.29) is 17.0 Å². The van der Waals surface area contributed by atoms with Gasteiger partial charge in [-0.1, -0.05) is 22.6 Å². The van der Waals surface area contributed by atoms with Crippen molar-refractivity contribution in [1.82, 2.24) is 0 Å². The number of hydrogen-bond acceptors (Lipinski definition) is 2. The summed E-state index contributed by atoms with van der Waals surface area (Å²) in [6.07, 6.45) is 4.18. The molecule has 0 N–H and O–H groups in total. The summed E-state index contributed by atoms with van der Waals surface area (Å²) in [5.41, 5.74) is -0.233. The third-order valence-electron chi connectivity index (χ3n) is 3.31. The molecule has 1 saturated carbocycles. The molecular formula is C9H13IO2. The summed E-state index contributed by atoms with van der Waals surface area (Å²) < 4.78 is 6.43. The van der Waals surface area contributed by atoms with Crippen LogP contribution in [0, 0.1) is 5.41 Å². The van der Waals surface area contributed by atoms with E-state index in [1.54, 1.807) is 0 Å². The number of ether oxygens (including phenoxy) is 1. The van der Waals surface area contributed by atoms with Gasteiger partial charge in [0.1, 0.15) is 5.60 Å². The monoisotopic (exact) mass is 280 g/mol. The Morgan fingerprint density at radius 3 is 2.42 bits per heavy atom. The highest BCUT2D eigenvalue weighted by Gasteiger charge is 2.53. The number of alkyl halides is 1. The Morgan fingerprint density at radius 1 is 1.42 bits per heavy atom. The van der Waals surface area contributed by atoms with E-state index in [0.29, 0.717) is 0 Å². The SMILES string of the molecule is CC12CCC(CI)(CC1)OC2=O. The van der Waals surface area contributed by atoms with Crippen molar-refractivity contribution in [2.75, 3.05) is 4.43 Å². The summed E-state index contributed by atoms with van der Waals surface area (Å²) in [7, 11) is 0. The molecule has 2 aliphatic heterocycles. The van der Waals surface area contributed by atoms with Gasteiger partial charge < -0.3 is 4.74 Å². The number of carbonyl (C=O) groups is 1. The zero-order chi connectivity index (χ0) is 8.82. The first kappa shape index (κ1) is 8.78. The van der Waals surface area contributed by atoms with Crippen molar-refractivity contribution in [2.24, 2.45) is 5.41 Å². The van der Waals surface area contributed by atoms with Crippen molar-refractivity contribution < 1.29 is 9.53 Å². The standard InChI is InChI=1S/C9H13IO2/c1-8-2-4-9(6-10,5-3-8)12-7(8)11/h2-6H2,1H3. The van der Waals surface area contributed by atoms with Crippen LogP contribution in [0.1, 0.15) is 32.6 Å². The average Bonchev–Trinajstić information content (AvgIpc) is 2.08. The van der Waals surface area contributed by atoms with Gasteiger partial charge in [-0.25, -0.2) is 0 Å². The minimum atomic E-state index is -0.145. The third-order valence-corrected chi connectivity index (χ3v) is 4.70. The van der Waals surface area contributed by atoms with E-state index >= 15 is 0 Å². The van der Waals surface area contributed by atoms with Gasteiger partial charge in [0.25, 0.3) is 0 Å². The Kier molecular flexibility index (Phi) is 1.90. The van der Waals surface area contributed by atoms with Gasteiger partial charge in [0.2, 0.25) is 0 Å². The molecule has 0 unspecified atom stereocenters. The quantitative estimate of drug-likeness (QED) is 0.418. The summed E-state index contributed by atoms with van der Waals surface area (Å²) in [4.78, 5) is 11.5. The maximum absolute atomic E-state index is 11.5. The minimum absolute atomic E-state index is 0.0386. The summed E-state index contributed by atoms with van der Waals surface area (Å²) in [6.45, 7) is 2.03. The van der Waals surface area contributed by atoms with Crippen LogP contribution >= 0.6 is 22.6 Å². The fourth-order valence-corrected chi connectivity index (χ4v) is 2.96. The van der Waals surface area contributed by atoms with Crippen LogP contribution in [-0.2, 0) is 9.53 Å². The van der Waals surface area contributed by atoms with Gasteiger partial charge in [-0.2, -0.15) is 0 Å². The van der Waals surface area contributed by atoms with Gasteiger partial charge in [0.05, 0.1) is 5.41 Å². The van der Waals surface area contributed by atoms with Crippen LogP contribution in [-0.4, -0.2) is 16.0 Å². The maximum atomic E-state index is 11.5. The number of rotatable bonds is 1. The molecule has 0 atom stereocenters. The second-order valence-electron chi connectivity index (χ2n) is 4.27. The normalized spacial score (nSPS) is 46.0. The van der Waals surface area contributed by atoms with E-state index in [9.17, 15) is 4.79 Å². The highest BCUT2D eigenvalue weighted by atomic mass is 127. The van der Waals surface area contributed by atoms with E-state index in [1.165, 1.54) is 0 Å². The lowest BCUT2D eigenvalue weighted by atomic mass is 9.67. The number of esters is 1. The molecule has 3 heteroatoms. The molecule has 3 fully saturated rings. The zero-order valence-corrected chi connectivity index (χ0v) is 9.39. The average molecular weight is 280 g/mol. The topological polar surface area (TPSA) is 26.3 Å². The van der Waals surface area contributed by atoms with Crippen molar-refractivity contribution in [2.45, 2.75) is 38.2 Å². The molecule has 2 bridgehead atoms. The van der Waals surface area contributed by atoms with Gasteiger partial charge in [0, 0.05) is 4.43 Å². The molecule has 0 spiro atoms. The van der Waals surface area contributed by atoms with E-state index < -0.39 is 0 Å². The van der Waals surface area contributed by atoms with Gasteiger partial charge in [-0.05, 0) is 32.6 Å². The Labute approximate surface area is 86.2 Å². The molecular weight excluding hydrogens is 267 g/mol. The van der Waals surface area contributed by atoms with Gasteiger partial charge in [0.15, 0.2) is 0 Å². The minimum Gasteiger partial charge on any atom is -0.458 e. The molecule has 12 heavy (non-hydrogen) atoms. The van der Waals surface area contributed by atoms with Gasteiger partial charge in [-0.3, -0.25) is 4.79 Å². The molecule has 2 nitrogen and oxygen atoms in total. The van der Waals surface area contributed by atoms with E-state index in [0.717, 1.165) is 30.1 Å². The van der Waals surface area contributed by atoms with Crippen molar-refractivity contribution in [3.63, 3.8) is 0 Å². The zero-order valence-electron chi connectivity index (χ0n) is 7.23. The van der Waals surface area contributed by atoms with Gasteiger partial charge >= 0.3 is 5.97 Å². The van der Waals surface area contributed by atoms with E-state index in [1.807, 2.05) is 6.92 Å². The summed E-state index contributed by atoms with van der Waals surface area (Å²) in [5, 5.41) is 0. The molecule has 68 valence electrons. The van der Waals surface area contributed by atoms with Crippen LogP contribution in [0.4, 0.5) is 0 Å². The van der Waals surface area contributed by atoms with Crippen LogP contribution in [0.15, 0.2) is 0 Å². The van der Waals surface area contributed by atoms with Gasteiger partial charge in [-0.15, -0.1) is 0 Å². The second kappa shape index (κ2) is 2.59. The van der Waals surface area contributed by atoms with Crippen molar-refractivity contribution >= 4 is 28.6 Å². The molecule has 1 aliphatic carbocycles. The summed E-state index contributed by atoms with van der Waals surface area (Å²) >= 11 is 2.32. The van der Waals surface area contributed by atoms with Crippen LogP contribution in [0.25, 0.3) is 0 Å². The van der Waals surface area contributed by atoms with Crippen LogP contribution in [0.2, 0.25) is 0 Å². The third kappa shape index (κ3) is 1.09. The fraction of sp³-hybridized carbons (Fsp3) is 0.889. The largest absolute Gasteiger partial charge is 0.458 e. The highest BCUT2D eigenvalue weighted by Crippen LogP contribution is 2.49. The molecule has 0 amide bonds. The van der Waals surface area contributed by atoms with Crippen molar-refractivity contribution in [3.05, 3.63) is 0 Å². The Bertz CT molecular complexity index is 217. The number of carbonyl (C=O) groups excluding carboxylic acids is 1. The molecule has 3 rings (SSSR count). The van der Waals surface area contributed by atoms with Crippen LogP contribution < -0.4 is 0 Å². The van der Waals surface area contributed by atoms with E-state index in [4.69, 9.17) is 4.74 Å². The molecule has 0 aromatic carbocycles. The van der Waals surface area contributed by atoms with Crippen LogP contribution in [0.5, 0.6) is 0 Å². The summed E-state index contributed by atoms with van der Waals surface area (Å²) in [5.74, 6) is 0.0386. The molecule has 0 radical (unpaired) electrons. The lowest BCUT2D eigenvalue weighted by Crippen LogP contribution is -2.54. The molecule has 0 aromatic heterocycles. The molecule has 2 heterocycles. The van der Waals surface area contributed by atoms with Crippen molar-refractivity contribution in [1.29, 1.82) is 0 Å². The number of fused-ring (bicyclic) bond motifs is 3. The summed E-state index contributed by atoms with van der Waals surface area (Å²) in [6, 6.07) is 0. The first-order valence-electron chi connectivity index (χ1n) is 4.40. The Morgan fingerprint density at radius 2 is 2.00 bits per heavy atom. The predicted molar refractivity (Wildman–Crippen MR) is 54.3 cm³/mol. The smallest absolute Gasteiger partial charge is 0.312 e. The van der Waals surface area contributed by atoms with E-state index in [2.05, 4.69) is 22.6 Å². The van der Waals surface area contributed by atoms with Crippen molar-refractivity contribution in [3.8, 4) is 0 Å². The highest BCUT2D eigenvalue weighted by molar-refractivity contribution is 14.1. The lowest BCUT2D eigenvalue weighted by molar-refractivity contribution is -0.196. The fourth-order valence-electron chi connectivity index (χ4n) is 2.04.